The van der Waals surface area contributed by atoms with Crippen LogP contribution in [-0.4, -0.2) is 10.9 Å². The molecule has 0 aliphatic carbocycles. The molecule has 23 heavy (non-hydrogen) atoms. The van der Waals surface area contributed by atoms with Gasteiger partial charge in [-0.25, -0.2) is 0 Å². The summed E-state index contributed by atoms with van der Waals surface area (Å²) in [6.45, 7) is 0. The Morgan fingerprint density at radius 2 is 1.52 bits per heavy atom. The van der Waals surface area contributed by atoms with E-state index in [4.69, 9.17) is 0 Å². The van der Waals surface area contributed by atoms with Crippen LogP contribution in [0.4, 0.5) is 11.4 Å². The molecule has 0 unspecified atom stereocenters. The first-order valence-electron chi connectivity index (χ1n) is 7.45. The molecule has 4 rings (SSSR count). The van der Waals surface area contributed by atoms with Gasteiger partial charge in [-0.3, -0.25) is 14.7 Å². The molecule has 1 amide bonds. The van der Waals surface area contributed by atoms with Gasteiger partial charge >= 0.3 is 0 Å². The number of carbonyl (C=O) groups is 1. The van der Waals surface area contributed by atoms with Crippen LogP contribution >= 0.6 is 0 Å². The SMILES string of the molecule is O=C1/C(=C\c2ccncc2)c2ccccc2N1c1ccccc1. The molecule has 0 atom stereocenters. The Kier molecular flexibility index (Phi) is 3.24. The maximum absolute atomic E-state index is 13.0. The zero-order valence-electron chi connectivity index (χ0n) is 12.4. The number of pyridine rings is 1. The van der Waals surface area contributed by atoms with Gasteiger partial charge in [0.1, 0.15) is 0 Å². The minimum atomic E-state index is -0.00536. The highest BCUT2D eigenvalue weighted by molar-refractivity contribution is 6.37. The van der Waals surface area contributed by atoms with E-state index in [1.165, 1.54) is 0 Å². The predicted molar refractivity (Wildman–Crippen MR) is 92.1 cm³/mol. The van der Waals surface area contributed by atoms with Crippen molar-refractivity contribution in [3.63, 3.8) is 0 Å². The smallest absolute Gasteiger partial charge is 0.263 e. The Labute approximate surface area is 134 Å². The van der Waals surface area contributed by atoms with Crippen LogP contribution in [0.15, 0.2) is 79.1 Å². The van der Waals surface area contributed by atoms with Gasteiger partial charge in [0.05, 0.1) is 11.3 Å². The summed E-state index contributed by atoms with van der Waals surface area (Å²) in [6.07, 6.45) is 5.38. The van der Waals surface area contributed by atoms with Gasteiger partial charge in [0, 0.05) is 23.6 Å². The molecule has 1 aliphatic rings. The molecule has 3 aromatic rings. The van der Waals surface area contributed by atoms with Gasteiger partial charge in [0.25, 0.3) is 5.91 Å². The fraction of sp³-hybridized carbons (Fsp3) is 0. The van der Waals surface area contributed by atoms with Crippen LogP contribution in [0.5, 0.6) is 0 Å². The van der Waals surface area contributed by atoms with Crippen LogP contribution in [0.1, 0.15) is 11.1 Å². The molecular formula is C20H14N2O. The largest absolute Gasteiger partial charge is 0.276 e. The van der Waals surface area contributed by atoms with Gasteiger partial charge in [-0.2, -0.15) is 0 Å². The van der Waals surface area contributed by atoms with E-state index in [1.807, 2.05) is 72.8 Å². The van der Waals surface area contributed by atoms with Gasteiger partial charge in [-0.1, -0.05) is 36.4 Å². The highest BCUT2D eigenvalue weighted by Gasteiger charge is 2.32. The monoisotopic (exact) mass is 298 g/mol. The molecular weight excluding hydrogens is 284 g/mol. The van der Waals surface area contributed by atoms with Crippen molar-refractivity contribution in [2.75, 3.05) is 4.90 Å². The Bertz CT molecular complexity index is 886. The van der Waals surface area contributed by atoms with E-state index in [1.54, 1.807) is 17.3 Å². The fourth-order valence-electron chi connectivity index (χ4n) is 2.84. The number of hydrogen-bond donors (Lipinski definition) is 0. The van der Waals surface area contributed by atoms with Crippen molar-refractivity contribution in [1.82, 2.24) is 4.98 Å². The van der Waals surface area contributed by atoms with Crippen molar-refractivity contribution in [3.8, 4) is 0 Å². The van der Waals surface area contributed by atoms with Crippen LogP contribution in [0.3, 0.4) is 0 Å². The Morgan fingerprint density at radius 3 is 2.30 bits per heavy atom. The molecule has 110 valence electrons. The number of carbonyl (C=O) groups excluding carboxylic acids is 1. The number of hydrogen-bond acceptors (Lipinski definition) is 2. The molecule has 3 nitrogen and oxygen atoms in total. The number of fused-ring (bicyclic) bond motifs is 1. The van der Waals surface area contributed by atoms with Gasteiger partial charge in [0.2, 0.25) is 0 Å². The molecule has 0 saturated heterocycles. The van der Waals surface area contributed by atoms with Crippen molar-refractivity contribution in [3.05, 3.63) is 90.3 Å². The summed E-state index contributed by atoms with van der Waals surface area (Å²) in [5, 5.41) is 0. The quantitative estimate of drug-likeness (QED) is 0.661. The normalized spacial score (nSPS) is 15.0. The molecule has 2 heterocycles. The average Bonchev–Trinajstić information content (AvgIpc) is 2.89. The summed E-state index contributed by atoms with van der Waals surface area (Å²) < 4.78 is 0. The first-order valence-corrected chi connectivity index (χ1v) is 7.45. The van der Waals surface area contributed by atoms with E-state index in [-0.39, 0.29) is 5.91 Å². The summed E-state index contributed by atoms with van der Waals surface area (Å²) in [6, 6.07) is 21.4. The Balaban J connectivity index is 1.87. The summed E-state index contributed by atoms with van der Waals surface area (Å²) in [5.41, 5.74) is 4.42. The minimum absolute atomic E-state index is 0.00536. The van der Waals surface area contributed by atoms with Gasteiger partial charge in [0.15, 0.2) is 0 Å². The highest BCUT2D eigenvalue weighted by Crippen LogP contribution is 2.41. The standard InChI is InChI=1S/C20H14N2O/c23-20-18(14-15-10-12-21-13-11-15)17-8-4-5-9-19(17)22(20)16-6-2-1-3-7-16/h1-14H/b18-14-. The lowest BCUT2D eigenvalue weighted by Crippen LogP contribution is -2.20. The van der Waals surface area contributed by atoms with Gasteiger partial charge in [-0.05, 0) is 42.0 Å². The maximum atomic E-state index is 13.0. The lowest BCUT2D eigenvalue weighted by molar-refractivity contribution is -0.112. The number of benzene rings is 2. The molecule has 0 spiro atoms. The lowest BCUT2D eigenvalue weighted by Gasteiger charge is -2.16. The molecule has 1 aromatic heterocycles. The zero-order chi connectivity index (χ0) is 15.6. The van der Waals surface area contributed by atoms with Crippen LogP contribution in [0.25, 0.3) is 11.6 Å². The second-order valence-electron chi connectivity index (χ2n) is 5.33. The van der Waals surface area contributed by atoms with E-state index in [9.17, 15) is 4.79 Å². The molecule has 0 fully saturated rings. The van der Waals surface area contributed by atoms with Crippen LogP contribution in [0.2, 0.25) is 0 Å². The number of amides is 1. The molecule has 2 aromatic carbocycles. The second kappa shape index (κ2) is 5.54. The Hall–Kier alpha value is -3.20. The summed E-state index contributed by atoms with van der Waals surface area (Å²) >= 11 is 0. The minimum Gasteiger partial charge on any atom is -0.276 e. The highest BCUT2D eigenvalue weighted by atomic mass is 16.2. The van der Waals surface area contributed by atoms with Crippen LogP contribution < -0.4 is 4.90 Å². The molecule has 0 saturated carbocycles. The van der Waals surface area contributed by atoms with Gasteiger partial charge < -0.3 is 0 Å². The van der Waals surface area contributed by atoms with Crippen molar-refractivity contribution in [2.24, 2.45) is 0 Å². The second-order valence-corrected chi connectivity index (χ2v) is 5.33. The predicted octanol–water partition coefficient (Wildman–Crippen LogP) is 4.30. The third kappa shape index (κ3) is 2.32. The summed E-state index contributed by atoms with van der Waals surface area (Å²) in [5.74, 6) is -0.00536. The van der Waals surface area contributed by atoms with Crippen molar-refractivity contribution in [2.45, 2.75) is 0 Å². The van der Waals surface area contributed by atoms with E-state index in [2.05, 4.69) is 4.98 Å². The lowest BCUT2D eigenvalue weighted by atomic mass is 10.0. The molecule has 0 bridgehead atoms. The first-order chi connectivity index (χ1) is 11.3. The third-order valence-corrected chi connectivity index (χ3v) is 3.90. The maximum Gasteiger partial charge on any atom is 0.263 e. The zero-order valence-corrected chi connectivity index (χ0v) is 12.4. The van der Waals surface area contributed by atoms with E-state index < -0.39 is 0 Å². The molecule has 0 radical (unpaired) electrons. The molecule has 1 aliphatic heterocycles. The van der Waals surface area contributed by atoms with E-state index in [0.29, 0.717) is 5.57 Å². The number of para-hydroxylation sites is 2. The molecule has 3 heteroatoms. The first kappa shape index (κ1) is 13.5. The Morgan fingerprint density at radius 1 is 0.826 bits per heavy atom. The number of rotatable bonds is 2. The van der Waals surface area contributed by atoms with Crippen molar-refractivity contribution in [1.29, 1.82) is 0 Å². The summed E-state index contributed by atoms with van der Waals surface area (Å²) in [7, 11) is 0. The van der Waals surface area contributed by atoms with Crippen LogP contribution in [-0.2, 0) is 4.79 Å². The fourth-order valence-corrected chi connectivity index (χ4v) is 2.84. The third-order valence-electron chi connectivity index (χ3n) is 3.90. The van der Waals surface area contributed by atoms with E-state index in [0.717, 1.165) is 22.5 Å². The van der Waals surface area contributed by atoms with E-state index >= 15 is 0 Å². The average molecular weight is 298 g/mol. The number of aromatic nitrogens is 1. The topological polar surface area (TPSA) is 33.2 Å². The van der Waals surface area contributed by atoms with Gasteiger partial charge in [-0.15, -0.1) is 0 Å². The van der Waals surface area contributed by atoms with Crippen molar-refractivity contribution >= 4 is 28.9 Å². The number of anilines is 2. The molecule has 0 N–H and O–H groups in total. The van der Waals surface area contributed by atoms with Crippen molar-refractivity contribution < 1.29 is 4.79 Å². The van der Waals surface area contributed by atoms with Crippen LogP contribution in [0, 0.1) is 0 Å². The number of nitrogens with zero attached hydrogens (tertiary/aromatic N) is 2. The summed E-state index contributed by atoms with van der Waals surface area (Å²) in [4.78, 5) is 18.8.